The van der Waals surface area contributed by atoms with Gasteiger partial charge in [0.05, 0.1) is 22.9 Å². The number of nitrogens with zero attached hydrogens (tertiary/aromatic N) is 2. The topological polar surface area (TPSA) is 36.4 Å². The van der Waals surface area contributed by atoms with E-state index < -0.39 is 0 Å². The summed E-state index contributed by atoms with van der Waals surface area (Å²) in [6.45, 7) is 0. The molecule has 0 aromatic carbocycles. The van der Waals surface area contributed by atoms with Crippen LogP contribution in [0.5, 0.6) is 0 Å². The number of anilines is 1. The lowest BCUT2D eigenvalue weighted by Gasteiger charge is -2.43. The van der Waals surface area contributed by atoms with Crippen LogP contribution in [0.4, 0.5) is 5.69 Å². The second kappa shape index (κ2) is 3.90. The van der Waals surface area contributed by atoms with Crippen LogP contribution in [0.2, 0.25) is 5.02 Å². The van der Waals surface area contributed by atoms with E-state index >= 15 is 0 Å². The van der Waals surface area contributed by atoms with Crippen molar-refractivity contribution in [1.82, 2.24) is 4.98 Å². The highest BCUT2D eigenvalue weighted by Gasteiger charge is 2.42. The molecule has 3 rings (SSSR count). The molecule has 3 nitrogen and oxygen atoms in total. The minimum absolute atomic E-state index is 0.190. The number of hydrogen-bond acceptors (Lipinski definition) is 3. The first-order chi connectivity index (χ1) is 7.77. The maximum atomic E-state index is 9.81. The van der Waals surface area contributed by atoms with Crippen molar-refractivity contribution in [2.45, 2.75) is 43.9 Å². The van der Waals surface area contributed by atoms with E-state index in [-0.39, 0.29) is 12.1 Å². The normalized spacial score (nSPS) is 28.6. The molecule has 2 atom stereocenters. The minimum atomic E-state index is -0.190. The Kier molecular flexibility index (Phi) is 2.52. The quantitative estimate of drug-likeness (QED) is 0.877. The zero-order chi connectivity index (χ0) is 11.1. The first kappa shape index (κ1) is 10.4. The Hall–Kier alpha value is -0.800. The molecule has 2 saturated carbocycles. The fourth-order valence-electron chi connectivity index (χ4n) is 2.37. The molecule has 2 unspecified atom stereocenters. The fourth-order valence-corrected chi connectivity index (χ4v) is 2.58. The Morgan fingerprint density at radius 1 is 1.31 bits per heavy atom. The average molecular weight is 239 g/mol. The van der Waals surface area contributed by atoms with Gasteiger partial charge in [0.2, 0.25) is 0 Å². The summed E-state index contributed by atoms with van der Waals surface area (Å²) < 4.78 is 0. The van der Waals surface area contributed by atoms with Crippen LogP contribution >= 0.6 is 11.6 Å². The average Bonchev–Trinajstić information content (AvgIpc) is 3.08. The molecule has 16 heavy (non-hydrogen) atoms. The first-order valence-electron chi connectivity index (χ1n) is 5.83. The Morgan fingerprint density at radius 3 is 2.62 bits per heavy atom. The fraction of sp³-hybridized carbons (Fsp3) is 0.583. The predicted octanol–water partition coefficient (Wildman–Crippen LogP) is 2.23. The number of pyridine rings is 1. The molecule has 1 aromatic rings. The highest BCUT2D eigenvalue weighted by Crippen LogP contribution is 2.41. The van der Waals surface area contributed by atoms with E-state index in [1.54, 1.807) is 12.4 Å². The van der Waals surface area contributed by atoms with Crippen LogP contribution in [-0.4, -0.2) is 28.3 Å². The van der Waals surface area contributed by atoms with E-state index in [4.69, 9.17) is 11.6 Å². The standard InChI is InChI=1S/C12H15ClN2O/c13-9-7-14-6-5-10(9)15(8-1-2-8)11-3-4-12(11)16/h5-8,11-12,16H,1-4H2. The summed E-state index contributed by atoms with van der Waals surface area (Å²) in [4.78, 5) is 6.31. The zero-order valence-corrected chi connectivity index (χ0v) is 9.77. The maximum Gasteiger partial charge on any atom is 0.0822 e. The molecular formula is C12H15ClN2O. The van der Waals surface area contributed by atoms with Crippen LogP contribution in [0.3, 0.4) is 0 Å². The van der Waals surface area contributed by atoms with E-state index in [0.29, 0.717) is 11.1 Å². The molecule has 0 amide bonds. The van der Waals surface area contributed by atoms with E-state index in [1.165, 1.54) is 12.8 Å². The third kappa shape index (κ3) is 1.68. The van der Waals surface area contributed by atoms with Gasteiger partial charge in [-0.15, -0.1) is 0 Å². The molecule has 1 heterocycles. The molecule has 1 aromatic heterocycles. The highest BCUT2D eigenvalue weighted by atomic mass is 35.5. The van der Waals surface area contributed by atoms with Crippen LogP contribution < -0.4 is 4.90 Å². The molecule has 0 bridgehead atoms. The second-order valence-electron chi connectivity index (χ2n) is 4.68. The summed E-state index contributed by atoms with van der Waals surface area (Å²) in [6, 6.07) is 2.78. The van der Waals surface area contributed by atoms with Gasteiger partial charge in [0, 0.05) is 18.4 Å². The Morgan fingerprint density at radius 2 is 2.12 bits per heavy atom. The Bertz CT molecular complexity index is 394. The molecule has 4 heteroatoms. The van der Waals surface area contributed by atoms with Crippen molar-refractivity contribution in [3.63, 3.8) is 0 Å². The zero-order valence-electron chi connectivity index (χ0n) is 9.01. The lowest BCUT2D eigenvalue weighted by molar-refractivity contribution is 0.0636. The van der Waals surface area contributed by atoms with Gasteiger partial charge >= 0.3 is 0 Å². The lowest BCUT2D eigenvalue weighted by Crippen LogP contribution is -2.52. The van der Waals surface area contributed by atoms with Gasteiger partial charge in [0.1, 0.15) is 0 Å². The number of halogens is 1. The summed E-state index contributed by atoms with van der Waals surface area (Å²) >= 11 is 6.18. The summed E-state index contributed by atoms with van der Waals surface area (Å²) in [5.74, 6) is 0. The van der Waals surface area contributed by atoms with Gasteiger partial charge in [-0.3, -0.25) is 4.98 Å². The second-order valence-corrected chi connectivity index (χ2v) is 5.08. The van der Waals surface area contributed by atoms with Gasteiger partial charge in [-0.25, -0.2) is 0 Å². The Labute approximate surface area is 100 Å². The molecular weight excluding hydrogens is 224 g/mol. The maximum absolute atomic E-state index is 9.81. The van der Waals surface area contributed by atoms with Gasteiger partial charge in [0.15, 0.2) is 0 Å². The smallest absolute Gasteiger partial charge is 0.0822 e. The van der Waals surface area contributed by atoms with Crippen molar-refractivity contribution < 1.29 is 5.11 Å². The largest absolute Gasteiger partial charge is 0.391 e. The molecule has 0 aliphatic heterocycles. The van der Waals surface area contributed by atoms with Gasteiger partial charge in [-0.2, -0.15) is 0 Å². The van der Waals surface area contributed by atoms with Gasteiger partial charge < -0.3 is 10.0 Å². The summed E-state index contributed by atoms with van der Waals surface area (Å²) in [5.41, 5.74) is 1.03. The molecule has 0 saturated heterocycles. The van der Waals surface area contributed by atoms with E-state index in [1.807, 2.05) is 6.07 Å². The van der Waals surface area contributed by atoms with Crippen molar-refractivity contribution in [1.29, 1.82) is 0 Å². The third-order valence-corrected chi connectivity index (χ3v) is 3.82. The van der Waals surface area contributed by atoms with Crippen LogP contribution in [0.1, 0.15) is 25.7 Å². The van der Waals surface area contributed by atoms with Crippen LogP contribution in [-0.2, 0) is 0 Å². The number of aliphatic hydroxyl groups is 1. The molecule has 1 N–H and O–H groups in total. The molecule has 0 radical (unpaired) electrons. The number of aliphatic hydroxyl groups excluding tert-OH is 1. The Balaban J connectivity index is 1.91. The van der Waals surface area contributed by atoms with E-state index in [9.17, 15) is 5.11 Å². The van der Waals surface area contributed by atoms with Crippen LogP contribution in [0.25, 0.3) is 0 Å². The summed E-state index contributed by atoms with van der Waals surface area (Å²) in [6.07, 6.45) is 7.65. The minimum Gasteiger partial charge on any atom is -0.391 e. The third-order valence-electron chi connectivity index (χ3n) is 3.53. The SMILES string of the molecule is OC1CCC1N(c1ccncc1Cl)C1CC1. The van der Waals surface area contributed by atoms with Gasteiger partial charge in [-0.1, -0.05) is 11.6 Å². The molecule has 86 valence electrons. The van der Waals surface area contributed by atoms with E-state index in [2.05, 4.69) is 9.88 Å². The van der Waals surface area contributed by atoms with Gasteiger partial charge in [0.25, 0.3) is 0 Å². The monoisotopic (exact) mass is 238 g/mol. The van der Waals surface area contributed by atoms with Crippen molar-refractivity contribution in [2.75, 3.05) is 4.90 Å². The lowest BCUT2D eigenvalue weighted by atomic mass is 9.87. The molecule has 2 aliphatic rings. The number of aromatic nitrogens is 1. The molecule has 2 fully saturated rings. The molecule has 0 spiro atoms. The van der Waals surface area contributed by atoms with Crippen LogP contribution in [0, 0.1) is 0 Å². The molecule has 2 aliphatic carbocycles. The van der Waals surface area contributed by atoms with Crippen molar-refractivity contribution in [3.05, 3.63) is 23.5 Å². The highest BCUT2D eigenvalue weighted by molar-refractivity contribution is 6.33. The van der Waals surface area contributed by atoms with Crippen molar-refractivity contribution in [2.24, 2.45) is 0 Å². The predicted molar refractivity (Wildman–Crippen MR) is 63.8 cm³/mol. The number of rotatable bonds is 3. The van der Waals surface area contributed by atoms with Gasteiger partial charge in [-0.05, 0) is 31.7 Å². The van der Waals surface area contributed by atoms with Crippen LogP contribution in [0.15, 0.2) is 18.5 Å². The van der Waals surface area contributed by atoms with Crippen molar-refractivity contribution >= 4 is 17.3 Å². The summed E-state index contributed by atoms with van der Waals surface area (Å²) in [7, 11) is 0. The van der Waals surface area contributed by atoms with Crippen molar-refractivity contribution in [3.8, 4) is 0 Å². The van der Waals surface area contributed by atoms with E-state index in [0.717, 1.165) is 18.5 Å². The first-order valence-corrected chi connectivity index (χ1v) is 6.21. The number of hydrogen-bond donors (Lipinski definition) is 1. The summed E-state index contributed by atoms with van der Waals surface area (Å²) in [5, 5.41) is 10.5.